The highest BCUT2D eigenvalue weighted by Crippen LogP contribution is 2.12. The van der Waals surface area contributed by atoms with Crippen molar-refractivity contribution in [2.45, 2.75) is 25.5 Å². The first-order chi connectivity index (χ1) is 9.79. The minimum atomic E-state index is -0.217. The minimum absolute atomic E-state index is 0. The van der Waals surface area contributed by atoms with Crippen molar-refractivity contribution >= 4 is 30.9 Å². The van der Waals surface area contributed by atoms with E-state index in [1.165, 1.54) is 0 Å². The Labute approximate surface area is 144 Å². The number of hydrogen-bond acceptors (Lipinski definition) is 4. The van der Waals surface area contributed by atoms with Gasteiger partial charge >= 0.3 is 6.09 Å². The van der Waals surface area contributed by atoms with E-state index >= 15 is 0 Å². The maximum absolute atomic E-state index is 12.0. The molecular weight excluding hydrogens is 325 g/mol. The average Bonchev–Trinajstić information content (AvgIpc) is 2.52. The lowest BCUT2D eigenvalue weighted by Crippen LogP contribution is -2.46. The van der Waals surface area contributed by atoms with Crippen LogP contribution in [-0.2, 0) is 11.3 Å². The van der Waals surface area contributed by atoms with Gasteiger partial charge in [-0.05, 0) is 18.4 Å². The quantitative estimate of drug-likeness (QED) is 0.854. The largest absolute Gasteiger partial charge is 0.445 e. The molecule has 5 nitrogen and oxygen atoms in total. The van der Waals surface area contributed by atoms with Gasteiger partial charge < -0.3 is 20.7 Å². The van der Waals surface area contributed by atoms with Gasteiger partial charge in [-0.2, -0.15) is 0 Å². The van der Waals surface area contributed by atoms with E-state index in [0.717, 1.165) is 38.0 Å². The molecule has 0 atom stereocenters. The summed E-state index contributed by atoms with van der Waals surface area (Å²) in [6.07, 6.45) is 1.70. The fourth-order valence-corrected chi connectivity index (χ4v) is 2.36. The van der Waals surface area contributed by atoms with Gasteiger partial charge in [0.05, 0.1) is 0 Å². The van der Waals surface area contributed by atoms with E-state index in [2.05, 4.69) is 5.32 Å². The summed E-state index contributed by atoms with van der Waals surface area (Å²) in [6, 6.07) is 10.2. The summed E-state index contributed by atoms with van der Waals surface area (Å²) < 4.78 is 5.33. The van der Waals surface area contributed by atoms with E-state index in [1.807, 2.05) is 30.3 Å². The van der Waals surface area contributed by atoms with E-state index in [0.29, 0.717) is 19.2 Å². The van der Waals surface area contributed by atoms with Crippen LogP contribution >= 0.6 is 24.8 Å². The van der Waals surface area contributed by atoms with Gasteiger partial charge in [0.25, 0.3) is 0 Å². The van der Waals surface area contributed by atoms with Gasteiger partial charge in [0.15, 0.2) is 0 Å². The van der Waals surface area contributed by atoms with Crippen LogP contribution in [0.1, 0.15) is 18.4 Å². The fraction of sp³-hybridized carbons (Fsp3) is 0.533. The number of nitrogens with one attached hydrogen (secondary N) is 1. The van der Waals surface area contributed by atoms with E-state index in [9.17, 15) is 4.79 Å². The molecule has 1 aromatic rings. The van der Waals surface area contributed by atoms with Crippen molar-refractivity contribution in [2.75, 3.05) is 26.2 Å². The monoisotopic (exact) mass is 349 g/mol. The molecule has 0 bridgehead atoms. The Kier molecular flexibility index (Phi) is 11.0. The molecule has 0 unspecified atom stereocenters. The van der Waals surface area contributed by atoms with Crippen molar-refractivity contribution in [2.24, 2.45) is 5.73 Å². The van der Waals surface area contributed by atoms with Crippen LogP contribution in [0.4, 0.5) is 4.79 Å². The van der Waals surface area contributed by atoms with Crippen LogP contribution in [0, 0.1) is 0 Å². The molecular formula is C15H25Cl2N3O2. The molecule has 126 valence electrons. The van der Waals surface area contributed by atoms with E-state index in [-0.39, 0.29) is 30.9 Å². The third-order valence-corrected chi connectivity index (χ3v) is 3.54. The van der Waals surface area contributed by atoms with Crippen LogP contribution in [-0.4, -0.2) is 43.2 Å². The molecule has 1 amide bonds. The van der Waals surface area contributed by atoms with Crippen LogP contribution in [0.25, 0.3) is 0 Å². The number of carbonyl (C=O) groups is 1. The van der Waals surface area contributed by atoms with Crippen molar-refractivity contribution < 1.29 is 9.53 Å². The molecule has 3 N–H and O–H groups in total. The number of rotatable bonds is 5. The normalized spacial score (nSPS) is 14.7. The summed E-state index contributed by atoms with van der Waals surface area (Å²) >= 11 is 0. The standard InChI is InChI=1S/C15H23N3O2.2ClH/c16-8-9-17-14-6-10-18(11-7-14)15(19)20-12-13-4-2-1-3-5-13;;/h1-5,14,17H,6-12,16H2;2*1H. The van der Waals surface area contributed by atoms with Crippen LogP contribution < -0.4 is 11.1 Å². The number of hydrogen-bond donors (Lipinski definition) is 2. The number of benzene rings is 1. The molecule has 7 heteroatoms. The van der Waals surface area contributed by atoms with Crippen LogP contribution in [0.5, 0.6) is 0 Å². The average molecular weight is 350 g/mol. The first kappa shape index (κ1) is 21.0. The molecule has 22 heavy (non-hydrogen) atoms. The molecule has 0 spiro atoms. The van der Waals surface area contributed by atoms with Crippen molar-refractivity contribution in [1.29, 1.82) is 0 Å². The maximum atomic E-state index is 12.0. The predicted octanol–water partition coefficient (Wildman–Crippen LogP) is 2.18. The van der Waals surface area contributed by atoms with Crippen molar-refractivity contribution in [3.05, 3.63) is 35.9 Å². The first-order valence-electron chi connectivity index (χ1n) is 7.18. The summed E-state index contributed by atoms with van der Waals surface area (Å²) in [5, 5.41) is 3.38. The number of nitrogens with two attached hydrogens (primary N) is 1. The third-order valence-electron chi connectivity index (χ3n) is 3.54. The lowest BCUT2D eigenvalue weighted by molar-refractivity contribution is 0.0854. The summed E-state index contributed by atoms with van der Waals surface area (Å²) in [7, 11) is 0. The van der Waals surface area contributed by atoms with Crippen LogP contribution in [0.3, 0.4) is 0 Å². The molecule has 0 saturated carbocycles. The van der Waals surface area contributed by atoms with Gasteiger partial charge in [0.1, 0.15) is 6.61 Å². The molecule has 1 aliphatic rings. The zero-order valence-corrected chi connectivity index (χ0v) is 14.2. The predicted molar refractivity (Wildman–Crippen MR) is 92.8 cm³/mol. The molecule has 0 aromatic heterocycles. The zero-order valence-electron chi connectivity index (χ0n) is 12.6. The first-order valence-corrected chi connectivity index (χ1v) is 7.18. The second-order valence-corrected chi connectivity index (χ2v) is 5.04. The number of piperidine rings is 1. The number of ether oxygens (including phenoxy) is 1. The molecule has 1 saturated heterocycles. The number of nitrogens with zero attached hydrogens (tertiary/aromatic N) is 1. The van der Waals surface area contributed by atoms with Crippen LogP contribution in [0.15, 0.2) is 30.3 Å². The van der Waals surface area contributed by atoms with E-state index in [4.69, 9.17) is 10.5 Å². The molecule has 2 rings (SSSR count). The van der Waals surface area contributed by atoms with Gasteiger partial charge in [0.2, 0.25) is 0 Å². The fourth-order valence-electron chi connectivity index (χ4n) is 2.36. The Bertz CT molecular complexity index is 413. The summed E-state index contributed by atoms with van der Waals surface area (Å²) in [6.45, 7) is 3.32. The summed E-state index contributed by atoms with van der Waals surface area (Å²) in [4.78, 5) is 13.7. The SMILES string of the molecule is Cl.Cl.NCCNC1CCN(C(=O)OCc2ccccc2)CC1. The molecule has 1 aromatic carbocycles. The molecule has 1 heterocycles. The Morgan fingerprint density at radius 2 is 1.86 bits per heavy atom. The van der Waals surface area contributed by atoms with Gasteiger partial charge in [-0.15, -0.1) is 24.8 Å². The highest BCUT2D eigenvalue weighted by molar-refractivity contribution is 5.85. The lowest BCUT2D eigenvalue weighted by Gasteiger charge is -2.31. The van der Waals surface area contributed by atoms with E-state index in [1.54, 1.807) is 4.90 Å². The topological polar surface area (TPSA) is 67.6 Å². The second kappa shape index (κ2) is 11.5. The highest BCUT2D eigenvalue weighted by atomic mass is 35.5. The van der Waals surface area contributed by atoms with E-state index < -0.39 is 0 Å². The van der Waals surface area contributed by atoms with Gasteiger partial charge in [0, 0.05) is 32.2 Å². The smallest absolute Gasteiger partial charge is 0.410 e. The van der Waals surface area contributed by atoms with Crippen molar-refractivity contribution in [3.8, 4) is 0 Å². The Morgan fingerprint density at radius 1 is 1.23 bits per heavy atom. The number of amides is 1. The number of likely N-dealkylation sites (tertiary alicyclic amines) is 1. The highest BCUT2D eigenvalue weighted by Gasteiger charge is 2.23. The van der Waals surface area contributed by atoms with Crippen molar-refractivity contribution in [3.63, 3.8) is 0 Å². The molecule has 0 radical (unpaired) electrons. The zero-order chi connectivity index (χ0) is 14.2. The maximum Gasteiger partial charge on any atom is 0.410 e. The summed E-state index contributed by atoms with van der Waals surface area (Å²) in [5.74, 6) is 0. The van der Waals surface area contributed by atoms with Crippen LogP contribution in [0.2, 0.25) is 0 Å². The van der Waals surface area contributed by atoms with Gasteiger partial charge in [-0.25, -0.2) is 4.79 Å². The Balaban J connectivity index is 0.00000220. The Morgan fingerprint density at radius 3 is 2.45 bits per heavy atom. The minimum Gasteiger partial charge on any atom is -0.445 e. The number of halogens is 2. The van der Waals surface area contributed by atoms with Crippen molar-refractivity contribution in [1.82, 2.24) is 10.2 Å². The molecule has 0 aliphatic carbocycles. The Hall–Kier alpha value is -1.01. The van der Waals surface area contributed by atoms with Gasteiger partial charge in [-0.3, -0.25) is 0 Å². The van der Waals surface area contributed by atoms with Gasteiger partial charge in [-0.1, -0.05) is 30.3 Å². The molecule has 1 aliphatic heterocycles. The summed E-state index contributed by atoms with van der Waals surface area (Å²) in [5.41, 5.74) is 6.48. The molecule has 1 fully saturated rings. The number of carbonyl (C=O) groups excluding carboxylic acids is 1. The third kappa shape index (κ3) is 6.83. The lowest BCUT2D eigenvalue weighted by atomic mass is 10.1. The second-order valence-electron chi connectivity index (χ2n) is 5.04.